The summed E-state index contributed by atoms with van der Waals surface area (Å²) in [5.74, 6) is 0.295. The Morgan fingerprint density at radius 2 is 2.21 bits per heavy atom. The zero-order chi connectivity index (χ0) is 14.0. The molecule has 0 aliphatic carbocycles. The number of hydrogen-bond acceptors (Lipinski definition) is 6. The smallest absolute Gasteiger partial charge is 0.314 e. The van der Waals surface area contributed by atoms with Gasteiger partial charge in [0.2, 0.25) is 0 Å². The van der Waals surface area contributed by atoms with Gasteiger partial charge in [0.15, 0.2) is 5.82 Å². The van der Waals surface area contributed by atoms with E-state index in [4.69, 9.17) is 16.9 Å². The molecule has 0 atom stereocenters. The van der Waals surface area contributed by atoms with E-state index in [1.54, 1.807) is 6.92 Å². The molecule has 0 saturated heterocycles. The number of rotatable bonds is 3. The van der Waals surface area contributed by atoms with Crippen molar-refractivity contribution in [2.75, 3.05) is 4.72 Å². The Morgan fingerprint density at radius 1 is 1.47 bits per heavy atom. The van der Waals surface area contributed by atoms with Crippen molar-refractivity contribution in [1.29, 1.82) is 5.26 Å². The van der Waals surface area contributed by atoms with Crippen molar-refractivity contribution in [1.82, 2.24) is 10.1 Å². The third kappa shape index (κ3) is 2.83. The number of hydrogen-bond donors (Lipinski definition) is 1. The summed E-state index contributed by atoms with van der Waals surface area (Å²) < 4.78 is 30.8. The van der Waals surface area contributed by atoms with Gasteiger partial charge in [-0.2, -0.15) is 10.2 Å². The highest BCUT2D eigenvalue weighted by atomic mass is 35.5. The molecular weight excluding hydrogens is 292 g/mol. The molecule has 2 aromatic rings. The molecule has 2 rings (SSSR count). The van der Waals surface area contributed by atoms with Gasteiger partial charge >= 0.3 is 6.01 Å². The fraction of sp³-hybridized carbons (Fsp3) is 0.100. The third-order valence-corrected chi connectivity index (χ3v) is 3.90. The molecule has 1 aromatic heterocycles. The normalized spacial score (nSPS) is 11.0. The Labute approximate surface area is 113 Å². The number of aromatic nitrogens is 2. The Morgan fingerprint density at radius 3 is 2.74 bits per heavy atom. The zero-order valence-corrected chi connectivity index (χ0v) is 11.2. The van der Waals surface area contributed by atoms with Crippen molar-refractivity contribution >= 4 is 27.6 Å². The Bertz CT molecular complexity index is 763. The van der Waals surface area contributed by atoms with Crippen molar-refractivity contribution in [2.24, 2.45) is 0 Å². The first-order chi connectivity index (χ1) is 8.92. The lowest BCUT2D eigenvalue weighted by Crippen LogP contribution is -2.13. The second kappa shape index (κ2) is 4.87. The maximum atomic E-state index is 12.0. The number of halogens is 1. The van der Waals surface area contributed by atoms with Crippen LogP contribution in [0.1, 0.15) is 11.4 Å². The van der Waals surface area contributed by atoms with Crippen LogP contribution in [0.2, 0.25) is 5.02 Å². The van der Waals surface area contributed by atoms with E-state index < -0.39 is 10.0 Å². The van der Waals surface area contributed by atoms with Gasteiger partial charge in [0.1, 0.15) is 4.90 Å². The summed E-state index contributed by atoms with van der Waals surface area (Å²) in [5, 5.41) is 12.1. The molecule has 7 nitrogen and oxygen atoms in total. The van der Waals surface area contributed by atoms with Crippen LogP contribution in [0, 0.1) is 18.3 Å². The van der Waals surface area contributed by atoms with Gasteiger partial charge in [-0.15, -0.1) is 0 Å². The minimum atomic E-state index is -3.94. The predicted octanol–water partition coefficient (Wildman–Crippen LogP) is 1.70. The number of aryl methyl sites for hydroxylation is 1. The van der Waals surface area contributed by atoms with Gasteiger partial charge in [0.25, 0.3) is 10.0 Å². The van der Waals surface area contributed by atoms with Crippen LogP contribution < -0.4 is 4.72 Å². The summed E-state index contributed by atoms with van der Waals surface area (Å²) in [6, 6.07) is 5.44. The van der Waals surface area contributed by atoms with Crippen LogP contribution in [0.3, 0.4) is 0 Å². The molecule has 0 radical (unpaired) electrons. The summed E-state index contributed by atoms with van der Waals surface area (Å²) in [7, 11) is -3.94. The molecule has 1 heterocycles. The van der Waals surface area contributed by atoms with E-state index in [-0.39, 0.29) is 21.5 Å². The van der Waals surface area contributed by atoms with Gasteiger partial charge in [-0.25, -0.2) is 13.1 Å². The van der Waals surface area contributed by atoms with Crippen LogP contribution in [-0.2, 0) is 10.0 Å². The van der Waals surface area contributed by atoms with Gasteiger partial charge in [-0.1, -0.05) is 16.8 Å². The number of benzene rings is 1. The minimum absolute atomic E-state index is 0.0669. The Kier molecular flexibility index (Phi) is 3.42. The highest BCUT2D eigenvalue weighted by Crippen LogP contribution is 2.24. The van der Waals surface area contributed by atoms with Crippen LogP contribution in [0.4, 0.5) is 6.01 Å². The SMILES string of the molecule is Cc1noc(NS(=O)(=O)c2ccc(C#N)cc2Cl)n1. The molecule has 0 bridgehead atoms. The largest absolute Gasteiger partial charge is 0.335 e. The van der Waals surface area contributed by atoms with Crippen LogP contribution in [0.15, 0.2) is 27.6 Å². The predicted molar refractivity (Wildman–Crippen MR) is 66.0 cm³/mol. The number of sulfonamides is 1. The average molecular weight is 299 g/mol. The number of nitrogens with zero attached hydrogens (tertiary/aromatic N) is 3. The third-order valence-electron chi connectivity index (χ3n) is 2.10. The van der Waals surface area contributed by atoms with Crippen molar-refractivity contribution in [3.05, 3.63) is 34.6 Å². The molecule has 98 valence electrons. The van der Waals surface area contributed by atoms with Crippen LogP contribution in [0.5, 0.6) is 0 Å². The van der Waals surface area contributed by atoms with Crippen molar-refractivity contribution < 1.29 is 12.9 Å². The first-order valence-corrected chi connectivity index (χ1v) is 6.81. The zero-order valence-electron chi connectivity index (χ0n) is 9.58. The fourth-order valence-corrected chi connectivity index (χ4v) is 2.77. The van der Waals surface area contributed by atoms with Gasteiger partial charge in [-0.3, -0.25) is 0 Å². The van der Waals surface area contributed by atoms with Crippen molar-refractivity contribution in [3.63, 3.8) is 0 Å². The van der Waals surface area contributed by atoms with E-state index in [1.807, 2.05) is 6.07 Å². The summed E-state index contributed by atoms with van der Waals surface area (Å²) in [5.41, 5.74) is 0.262. The van der Waals surface area contributed by atoms with E-state index >= 15 is 0 Å². The van der Waals surface area contributed by atoms with E-state index in [0.717, 1.165) is 0 Å². The average Bonchev–Trinajstić information content (AvgIpc) is 2.73. The summed E-state index contributed by atoms with van der Waals surface area (Å²) in [4.78, 5) is 3.54. The Hall–Kier alpha value is -2.11. The molecule has 1 N–H and O–H groups in total. The molecule has 0 aliphatic heterocycles. The highest BCUT2D eigenvalue weighted by molar-refractivity contribution is 7.92. The lowest BCUT2D eigenvalue weighted by molar-refractivity contribution is 0.429. The topological polar surface area (TPSA) is 109 Å². The lowest BCUT2D eigenvalue weighted by Gasteiger charge is -2.05. The van der Waals surface area contributed by atoms with Gasteiger partial charge in [0, 0.05) is 0 Å². The van der Waals surface area contributed by atoms with Gasteiger partial charge in [0.05, 0.1) is 16.7 Å². The lowest BCUT2D eigenvalue weighted by atomic mass is 10.2. The number of nitrogens with one attached hydrogen (secondary N) is 1. The summed E-state index contributed by atoms with van der Waals surface area (Å²) in [6.07, 6.45) is 0. The molecule has 0 fully saturated rings. The molecule has 9 heteroatoms. The minimum Gasteiger partial charge on any atom is -0.314 e. The van der Waals surface area contributed by atoms with E-state index in [0.29, 0.717) is 5.82 Å². The van der Waals surface area contributed by atoms with Crippen LogP contribution in [-0.4, -0.2) is 18.6 Å². The molecule has 0 saturated carbocycles. The Balaban J connectivity index is 2.37. The summed E-state index contributed by atoms with van der Waals surface area (Å²) in [6.45, 7) is 1.55. The van der Waals surface area contributed by atoms with E-state index in [9.17, 15) is 8.42 Å². The molecule has 1 aromatic carbocycles. The first-order valence-electron chi connectivity index (χ1n) is 4.95. The van der Waals surface area contributed by atoms with E-state index in [2.05, 4.69) is 19.4 Å². The maximum Gasteiger partial charge on any atom is 0.335 e. The maximum absolute atomic E-state index is 12.0. The summed E-state index contributed by atoms with van der Waals surface area (Å²) >= 11 is 5.83. The molecule has 0 unspecified atom stereocenters. The highest BCUT2D eigenvalue weighted by Gasteiger charge is 2.20. The fourth-order valence-electron chi connectivity index (χ4n) is 1.30. The van der Waals surface area contributed by atoms with Crippen LogP contribution >= 0.6 is 11.6 Å². The molecule has 0 aliphatic rings. The second-order valence-electron chi connectivity index (χ2n) is 3.51. The van der Waals surface area contributed by atoms with E-state index in [1.165, 1.54) is 18.2 Å². The first kappa shape index (κ1) is 13.3. The standard InChI is InChI=1S/C10H7ClN4O3S/c1-6-13-10(18-14-6)15-19(16,17)9-3-2-7(5-12)4-8(9)11/h2-4H,1H3,(H,13,14,15). The number of nitriles is 1. The van der Waals surface area contributed by atoms with Gasteiger partial charge < -0.3 is 4.52 Å². The molecule has 0 spiro atoms. The number of anilines is 1. The van der Waals surface area contributed by atoms with Crippen LogP contribution in [0.25, 0.3) is 0 Å². The van der Waals surface area contributed by atoms with Gasteiger partial charge in [-0.05, 0) is 25.1 Å². The molecule has 19 heavy (non-hydrogen) atoms. The van der Waals surface area contributed by atoms with Crippen molar-refractivity contribution in [2.45, 2.75) is 11.8 Å². The van der Waals surface area contributed by atoms with Crippen molar-refractivity contribution in [3.8, 4) is 6.07 Å². The quantitative estimate of drug-likeness (QED) is 0.923. The molecule has 0 amide bonds. The molecular formula is C10H7ClN4O3S. The second-order valence-corrected chi connectivity index (χ2v) is 5.57. The monoisotopic (exact) mass is 298 g/mol.